The molecule has 0 aliphatic carbocycles. The number of rotatable bonds is 2. The highest BCUT2D eigenvalue weighted by Gasteiger charge is 2.16. The number of allylic oxidation sites excluding steroid dienone is 1. The Labute approximate surface area is 67.0 Å². The first-order valence-corrected chi connectivity index (χ1v) is 3.81. The minimum atomic E-state index is 0.180. The van der Waals surface area contributed by atoms with Gasteiger partial charge in [0.25, 0.3) is 0 Å². The highest BCUT2D eigenvalue weighted by molar-refractivity contribution is 5.77. The van der Waals surface area contributed by atoms with Crippen LogP contribution in [0, 0.1) is 0 Å². The van der Waals surface area contributed by atoms with Crippen molar-refractivity contribution in [3.8, 4) is 0 Å². The second kappa shape index (κ2) is 3.05. The lowest BCUT2D eigenvalue weighted by molar-refractivity contribution is -0.118. The summed E-state index contributed by atoms with van der Waals surface area (Å²) in [7, 11) is 0. The van der Waals surface area contributed by atoms with Crippen molar-refractivity contribution in [2.45, 2.75) is 26.8 Å². The van der Waals surface area contributed by atoms with Gasteiger partial charge in [-0.2, -0.15) is 0 Å². The van der Waals surface area contributed by atoms with Gasteiger partial charge in [-0.3, -0.25) is 4.79 Å². The summed E-state index contributed by atoms with van der Waals surface area (Å²) in [5.41, 5.74) is 4.29. The van der Waals surface area contributed by atoms with E-state index in [0.717, 1.165) is 5.70 Å². The number of nitrogens with one attached hydrogen (secondary N) is 1. The molecule has 1 aliphatic rings. The maximum Gasteiger partial charge on any atom is 0.150 e. The molecular formula is C8H14N2O. The first kappa shape index (κ1) is 8.27. The van der Waals surface area contributed by atoms with E-state index in [1.807, 2.05) is 11.9 Å². The molecule has 0 aromatic heterocycles. The van der Waals surface area contributed by atoms with Gasteiger partial charge in [-0.05, 0) is 26.8 Å². The Morgan fingerprint density at radius 2 is 2.45 bits per heavy atom. The van der Waals surface area contributed by atoms with Crippen molar-refractivity contribution in [2.75, 3.05) is 6.54 Å². The molecule has 0 bridgehead atoms. The van der Waals surface area contributed by atoms with Gasteiger partial charge in [0.05, 0.1) is 6.54 Å². The number of ketones is 1. The summed E-state index contributed by atoms with van der Waals surface area (Å²) in [6, 6.07) is 0.356. The minimum absolute atomic E-state index is 0.180. The first-order chi connectivity index (χ1) is 5.09. The molecule has 1 heterocycles. The zero-order valence-electron chi connectivity index (χ0n) is 7.22. The Balaban J connectivity index is 2.50. The summed E-state index contributed by atoms with van der Waals surface area (Å²) in [5.74, 6) is 0.180. The number of hydrazine groups is 1. The largest absolute Gasteiger partial charge is 0.305 e. The quantitative estimate of drug-likeness (QED) is 0.635. The summed E-state index contributed by atoms with van der Waals surface area (Å²) in [6.07, 6.45) is 2.10. The van der Waals surface area contributed by atoms with E-state index in [2.05, 4.69) is 18.4 Å². The standard InChI is InChI=1S/C8H14N2O/c1-6-4-7(2)10(9-6)5-8(3)11/h4,6,9H,5H2,1-3H3. The highest BCUT2D eigenvalue weighted by Crippen LogP contribution is 2.09. The minimum Gasteiger partial charge on any atom is -0.305 e. The van der Waals surface area contributed by atoms with Crippen LogP contribution in [-0.2, 0) is 4.79 Å². The summed E-state index contributed by atoms with van der Waals surface area (Å²) in [5, 5.41) is 1.88. The Kier molecular flexibility index (Phi) is 2.29. The molecule has 1 rings (SSSR count). The van der Waals surface area contributed by atoms with Crippen LogP contribution in [0.25, 0.3) is 0 Å². The lowest BCUT2D eigenvalue weighted by Crippen LogP contribution is -2.38. The third kappa shape index (κ3) is 2.05. The van der Waals surface area contributed by atoms with Crippen LogP contribution in [0.5, 0.6) is 0 Å². The highest BCUT2D eigenvalue weighted by atomic mass is 16.1. The predicted octanol–water partition coefficient (Wildman–Crippen LogP) is 0.688. The maximum absolute atomic E-state index is 10.7. The lowest BCUT2D eigenvalue weighted by Gasteiger charge is -2.19. The number of nitrogens with zero attached hydrogens (tertiary/aromatic N) is 1. The molecular weight excluding hydrogens is 140 g/mol. The smallest absolute Gasteiger partial charge is 0.150 e. The summed E-state index contributed by atoms with van der Waals surface area (Å²) >= 11 is 0. The van der Waals surface area contributed by atoms with Gasteiger partial charge < -0.3 is 5.01 Å². The van der Waals surface area contributed by atoms with E-state index in [4.69, 9.17) is 0 Å². The molecule has 0 aromatic rings. The molecule has 0 radical (unpaired) electrons. The van der Waals surface area contributed by atoms with Crippen LogP contribution in [0.15, 0.2) is 11.8 Å². The third-order valence-electron chi connectivity index (χ3n) is 1.66. The molecule has 1 N–H and O–H groups in total. The number of hydrogen-bond acceptors (Lipinski definition) is 3. The maximum atomic E-state index is 10.7. The molecule has 62 valence electrons. The number of Topliss-reactive ketones (excluding diaryl/α,β-unsaturated/α-hetero) is 1. The second-order valence-electron chi connectivity index (χ2n) is 3.01. The van der Waals surface area contributed by atoms with Gasteiger partial charge in [-0.25, -0.2) is 5.43 Å². The molecule has 0 saturated carbocycles. The SMILES string of the molecule is CC(=O)CN1NC(C)C=C1C. The van der Waals surface area contributed by atoms with Gasteiger partial charge in [0.1, 0.15) is 0 Å². The average Bonchev–Trinajstić information content (AvgIpc) is 2.09. The monoisotopic (exact) mass is 154 g/mol. The summed E-state index contributed by atoms with van der Waals surface area (Å²) in [6.45, 7) is 6.12. The Hall–Kier alpha value is -0.830. The fourth-order valence-corrected chi connectivity index (χ4v) is 1.23. The molecule has 1 atom stereocenters. The lowest BCUT2D eigenvalue weighted by atomic mass is 10.3. The zero-order chi connectivity index (χ0) is 8.43. The Morgan fingerprint density at radius 3 is 2.82 bits per heavy atom. The van der Waals surface area contributed by atoms with Crippen LogP contribution in [0.3, 0.4) is 0 Å². The number of hydrogen-bond donors (Lipinski definition) is 1. The van der Waals surface area contributed by atoms with Gasteiger partial charge in [-0.1, -0.05) is 0 Å². The second-order valence-corrected chi connectivity index (χ2v) is 3.01. The Bertz CT molecular complexity index is 198. The van der Waals surface area contributed by atoms with Crippen LogP contribution in [-0.4, -0.2) is 23.4 Å². The molecule has 1 unspecified atom stereocenters. The van der Waals surface area contributed by atoms with Crippen LogP contribution < -0.4 is 5.43 Å². The van der Waals surface area contributed by atoms with Gasteiger partial charge in [0, 0.05) is 11.7 Å². The van der Waals surface area contributed by atoms with Gasteiger partial charge >= 0.3 is 0 Å². The van der Waals surface area contributed by atoms with E-state index in [9.17, 15) is 4.79 Å². The normalized spacial score (nSPS) is 23.7. The topological polar surface area (TPSA) is 32.3 Å². The Morgan fingerprint density at radius 1 is 1.82 bits per heavy atom. The number of carbonyl (C=O) groups excluding carboxylic acids is 1. The molecule has 0 saturated heterocycles. The molecule has 0 aromatic carbocycles. The van der Waals surface area contributed by atoms with Crippen molar-refractivity contribution in [1.29, 1.82) is 0 Å². The van der Waals surface area contributed by atoms with Crippen LogP contribution in [0.2, 0.25) is 0 Å². The van der Waals surface area contributed by atoms with E-state index >= 15 is 0 Å². The van der Waals surface area contributed by atoms with Crippen molar-refractivity contribution in [2.24, 2.45) is 0 Å². The van der Waals surface area contributed by atoms with E-state index in [1.54, 1.807) is 6.92 Å². The number of carbonyl (C=O) groups is 1. The van der Waals surface area contributed by atoms with Crippen molar-refractivity contribution in [3.05, 3.63) is 11.8 Å². The van der Waals surface area contributed by atoms with Crippen molar-refractivity contribution < 1.29 is 4.79 Å². The summed E-state index contributed by atoms with van der Waals surface area (Å²) < 4.78 is 0. The van der Waals surface area contributed by atoms with E-state index in [-0.39, 0.29) is 5.78 Å². The molecule has 3 nitrogen and oxygen atoms in total. The molecule has 0 spiro atoms. The predicted molar refractivity (Wildman–Crippen MR) is 43.7 cm³/mol. The van der Waals surface area contributed by atoms with E-state index in [0.29, 0.717) is 12.6 Å². The average molecular weight is 154 g/mol. The van der Waals surface area contributed by atoms with Gasteiger partial charge in [0.15, 0.2) is 5.78 Å². The van der Waals surface area contributed by atoms with Gasteiger partial charge in [-0.15, -0.1) is 0 Å². The molecule has 3 heteroatoms. The fourth-order valence-electron chi connectivity index (χ4n) is 1.23. The van der Waals surface area contributed by atoms with E-state index in [1.165, 1.54) is 0 Å². The zero-order valence-corrected chi connectivity index (χ0v) is 7.22. The fraction of sp³-hybridized carbons (Fsp3) is 0.625. The van der Waals surface area contributed by atoms with Crippen LogP contribution in [0.4, 0.5) is 0 Å². The van der Waals surface area contributed by atoms with Crippen LogP contribution >= 0.6 is 0 Å². The van der Waals surface area contributed by atoms with Crippen molar-refractivity contribution in [3.63, 3.8) is 0 Å². The third-order valence-corrected chi connectivity index (χ3v) is 1.66. The molecule has 1 aliphatic heterocycles. The molecule has 0 fully saturated rings. The van der Waals surface area contributed by atoms with Crippen molar-refractivity contribution >= 4 is 5.78 Å². The van der Waals surface area contributed by atoms with Crippen molar-refractivity contribution in [1.82, 2.24) is 10.4 Å². The van der Waals surface area contributed by atoms with E-state index < -0.39 is 0 Å². The summed E-state index contributed by atoms with van der Waals surface area (Å²) in [4.78, 5) is 10.7. The molecule has 0 amide bonds. The van der Waals surface area contributed by atoms with Gasteiger partial charge in [0.2, 0.25) is 0 Å². The van der Waals surface area contributed by atoms with Crippen LogP contribution in [0.1, 0.15) is 20.8 Å². The first-order valence-electron chi connectivity index (χ1n) is 3.81. The molecule has 11 heavy (non-hydrogen) atoms.